The molecule has 24 heavy (non-hydrogen) atoms. The van der Waals surface area contributed by atoms with Gasteiger partial charge in [-0.05, 0) is 48.6 Å². The maximum atomic E-state index is 12.8. The third kappa shape index (κ3) is 5.96. The summed E-state index contributed by atoms with van der Waals surface area (Å²) in [4.78, 5) is 24.5. The third-order valence-electron chi connectivity index (χ3n) is 3.22. The lowest BCUT2D eigenvalue weighted by molar-refractivity contribution is -0.150. The van der Waals surface area contributed by atoms with Gasteiger partial charge in [-0.25, -0.2) is 9.18 Å². The minimum atomic E-state index is -0.876. The number of hydrogen-bond donors (Lipinski definition) is 1. The lowest BCUT2D eigenvalue weighted by atomic mass is 10.1. The first-order chi connectivity index (χ1) is 11.5. The second-order valence-corrected chi connectivity index (χ2v) is 6.07. The van der Waals surface area contributed by atoms with Crippen LogP contribution in [0.25, 0.3) is 6.08 Å². The predicted molar refractivity (Wildman–Crippen MR) is 92.0 cm³/mol. The summed E-state index contributed by atoms with van der Waals surface area (Å²) in [7, 11) is 0. The van der Waals surface area contributed by atoms with Crippen molar-refractivity contribution in [2.45, 2.75) is 19.4 Å². The van der Waals surface area contributed by atoms with E-state index < -0.39 is 12.1 Å². The highest BCUT2D eigenvalue weighted by molar-refractivity contribution is 7.10. The molecule has 1 aromatic carbocycles. The molecule has 0 fully saturated rings. The van der Waals surface area contributed by atoms with Crippen molar-refractivity contribution in [3.8, 4) is 0 Å². The summed E-state index contributed by atoms with van der Waals surface area (Å²) in [5.74, 6) is -1.22. The molecule has 6 heteroatoms. The highest BCUT2D eigenvalue weighted by Crippen LogP contribution is 2.10. The number of amides is 1. The Labute approximate surface area is 144 Å². The van der Waals surface area contributed by atoms with Crippen LogP contribution >= 0.6 is 11.3 Å². The average molecular weight is 347 g/mol. The van der Waals surface area contributed by atoms with Crippen molar-refractivity contribution in [1.82, 2.24) is 5.32 Å². The first-order valence-corrected chi connectivity index (χ1v) is 8.37. The summed E-state index contributed by atoms with van der Waals surface area (Å²) in [6.45, 7) is 1.90. The number of benzene rings is 1. The van der Waals surface area contributed by atoms with E-state index in [9.17, 15) is 14.0 Å². The molecule has 0 unspecified atom stereocenters. The number of rotatable bonds is 7. The Kier molecular flexibility index (Phi) is 6.69. The second-order valence-electron chi connectivity index (χ2n) is 5.10. The zero-order valence-corrected chi connectivity index (χ0v) is 14.0. The van der Waals surface area contributed by atoms with E-state index in [0.29, 0.717) is 13.0 Å². The molecule has 1 aromatic heterocycles. The van der Waals surface area contributed by atoms with Gasteiger partial charge in [0.15, 0.2) is 6.10 Å². The van der Waals surface area contributed by atoms with Crippen LogP contribution in [0.2, 0.25) is 0 Å². The van der Waals surface area contributed by atoms with Gasteiger partial charge in [-0.1, -0.05) is 18.2 Å². The summed E-state index contributed by atoms with van der Waals surface area (Å²) in [6.07, 6.45) is 2.64. The summed E-state index contributed by atoms with van der Waals surface area (Å²) in [5.41, 5.74) is 0.917. The predicted octanol–water partition coefficient (Wildman–Crippen LogP) is 3.19. The van der Waals surface area contributed by atoms with Gasteiger partial charge in [0.25, 0.3) is 5.91 Å². The van der Waals surface area contributed by atoms with Crippen LogP contribution in [0.15, 0.2) is 47.9 Å². The molecule has 0 saturated heterocycles. The Morgan fingerprint density at radius 3 is 2.71 bits per heavy atom. The highest BCUT2D eigenvalue weighted by Gasteiger charge is 2.15. The first kappa shape index (κ1) is 17.9. The van der Waals surface area contributed by atoms with Crippen molar-refractivity contribution in [3.05, 3.63) is 64.1 Å². The zero-order valence-electron chi connectivity index (χ0n) is 13.2. The van der Waals surface area contributed by atoms with E-state index in [2.05, 4.69) is 5.32 Å². The maximum absolute atomic E-state index is 12.8. The Balaban J connectivity index is 1.71. The van der Waals surface area contributed by atoms with Crippen LogP contribution in [0.5, 0.6) is 0 Å². The molecule has 0 radical (unpaired) electrons. The molecule has 0 aliphatic rings. The molecular formula is C18H18FNO3S. The molecule has 1 N–H and O–H groups in total. The molecule has 1 heterocycles. The minimum Gasteiger partial charge on any atom is -0.449 e. The highest BCUT2D eigenvalue weighted by atomic mass is 32.1. The second kappa shape index (κ2) is 8.98. The van der Waals surface area contributed by atoms with E-state index >= 15 is 0 Å². The number of halogens is 1. The molecular weight excluding hydrogens is 329 g/mol. The number of hydrogen-bond acceptors (Lipinski definition) is 4. The molecule has 0 aliphatic heterocycles. The van der Waals surface area contributed by atoms with Crippen LogP contribution in [-0.4, -0.2) is 24.5 Å². The van der Waals surface area contributed by atoms with E-state index in [-0.39, 0.29) is 11.7 Å². The zero-order chi connectivity index (χ0) is 17.4. The Bertz CT molecular complexity index is 696. The normalized spacial score (nSPS) is 12.1. The summed E-state index contributed by atoms with van der Waals surface area (Å²) in [6, 6.07) is 9.84. The lowest BCUT2D eigenvalue weighted by Gasteiger charge is -2.12. The van der Waals surface area contributed by atoms with Crippen molar-refractivity contribution in [1.29, 1.82) is 0 Å². The van der Waals surface area contributed by atoms with E-state index in [1.165, 1.54) is 36.5 Å². The van der Waals surface area contributed by atoms with Gasteiger partial charge in [-0.3, -0.25) is 4.79 Å². The SMILES string of the molecule is C[C@H](OC(=O)/C=C/c1cccs1)C(=O)NCCc1ccc(F)cc1. The molecule has 0 spiro atoms. The number of carbonyl (C=O) groups excluding carboxylic acids is 2. The maximum Gasteiger partial charge on any atom is 0.331 e. The van der Waals surface area contributed by atoms with E-state index in [4.69, 9.17) is 4.74 Å². The first-order valence-electron chi connectivity index (χ1n) is 7.49. The van der Waals surface area contributed by atoms with Crippen molar-refractivity contribution in [2.24, 2.45) is 0 Å². The third-order valence-corrected chi connectivity index (χ3v) is 4.05. The van der Waals surface area contributed by atoms with Gasteiger partial charge in [0.1, 0.15) is 5.82 Å². The van der Waals surface area contributed by atoms with Gasteiger partial charge >= 0.3 is 5.97 Å². The van der Waals surface area contributed by atoms with E-state index in [1.807, 2.05) is 17.5 Å². The monoisotopic (exact) mass is 347 g/mol. The molecule has 0 saturated carbocycles. The van der Waals surface area contributed by atoms with Gasteiger partial charge in [-0.2, -0.15) is 0 Å². The molecule has 0 bridgehead atoms. The van der Waals surface area contributed by atoms with Gasteiger partial charge in [0.2, 0.25) is 0 Å². The van der Waals surface area contributed by atoms with Crippen LogP contribution < -0.4 is 5.32 Å². The number of thiophene rings is 1. The fraction of sp³-hybridized carbons (Fsp3) is 0.222. The van der Waals surface area contributed by atoms with Crippen LogP contribution in [0.4, 0.5) is 4.39 Å². The Morgan fingerprint density at radius 1 is 1.29 bits per heavy atom. The van der Waals surface area contributed by atoms with Gasteiger partial charge < -0.3 is 10.1 Å². The molecule has 126 valence electrons. The topological polar surface area (TPSA) is 55.4 Å². The molecule has 0 aliphatic carbocycles. The number of carbonyl (C=O) groups is 2. The number of esters is 1. The summed E-state index contributed by atoms with van der Waals surface area (Å²) in [5, 5.41) is 4.59. The van der Waals surface area contributed by atoms with Crippen molar-refractivity contribution < 1.29 is 18.7 Å². The van der Waals surface area contributed by atoms with Gasteiger partial charge in [0, 0.05) is 17.5 Å². The standard InChI is InChI=1S/C18H18FNO3S/c1-13(23-17(21)9-8-16-3-2-12-24-16)18(22)20-11-10-14-4-6-15(19)7-5-14/h2-9,12-13H,10-11H2,1H3,(H,20,22)/b9-8+/t13-/m0/s1. The fourth-order valence-corrected chi connectivity index (χ4v) is 2.55. The quantitative estimate of drug-likeness (QED) is 0.618. The van der Waals surface area contributed by atoms with E-state index in [1.54, 1.807) is 18.2 Å². The average Bonchev–Trinajstić information content (AvgIpc) is 3.08. The van der Waals surface area contributed by atoms with Gasteiger partial charge in [0.05, 0.1) is 0 Å². The fourth-order valence-electron chi connectivity index (χ4n) is 1.93. The van der Waals surface area contributed by atoms with Crippen molar-refractivity contribution >= 4 is 29.3 Å². The number of nitrogens with one attached hydrogen (secondary N) is 1. The molecule has 1 amide bonds. The minimum absolute atomic E-state index is 0.293. The smallest absolute Gasteiger partial charge is 0.331 e. The van der Waals surface area contributed by atoms with Crippen molar-refractivity contribution in [3.63, 3.8) is 0 Å². The van der Waals surface area contributed by atoms with Crippen molar-refractivity contribution in [2.75, 3.05) is 6.54 Å². The van der Waals surface area contributed by atoms with Crippen LogP contribution in [0.3, 0.4) is 0 Å². The molecule has 1 atom stereocenters. The molecule has 4 nitrogen and oxygen atoms in total. The van der Waals surface area contributed by atoms with Crippen LogP contribution in [-0.2, 0) is 20.7 Å². The van der Waals surface area contributed by atoms with Crippen LogP contribution in [0, 0.1) is 5.82 Å². The molecule has 2 rings (SSSR count). The van der Waals surface area contributed by atoms with Crippen LogP contribution in [0.1, 0.15) is 17.4 Å². The summed E-state index contributed by atoms with van der Waals surface area (Å²) >= 11 is 1.50. The number of ether oxygens (including phenoxy) is 1. The lowest BCUT2D eigenvalue weighted by Crippen LogP contribution is -2.36. The molecule has 2 aromatic rings. The Morgan fingerprint density at radius 2 is 2.04 bits per heavy atom. The van der Waals surface area contributed by atoms with E-state index in [0.717, 1.165) is 10.4 Å². The van der Waals surface area contributed by atoms with Gasteiger partial charge in [-0.15, -0.1) is 11.3 Å². The largest absolute Gasteiger partial charge is 0.449 e. The summed E-state index contributed by atoms with van der Waals surface area (Å²) < 4.78 is 17.8. The Hall–Kier alpha value is -2.47.